The molecule has 0 aliphatic carbocycles. The zero-order chi connectivity index (χ0) is 16.7. The minimum absolute atomic E-state index is 0.0674. The van der Waals surface area contributed by atoms with Gasteiger partial charge in [-0.05, 0) is 26.0 Å². The molecule has 0 saturated carbocycles. The molecule has 120 valence electrons. The van der Waals surface area contributed by atoms with Crippen molar-refractivity contribution < 1.29 is 19.2 Å². The van der Waals surface area contributed by atoms with Crippen LogP contribution in [0.2, 0.25) is 0 Å². The highest BCUT2D eigenvalue weighted by Crippen LogP contribution is 2.23. The highest BCUT2D eigenvalue weighted by molar-refractivity contribution is 5.95. The van der Waals surface area contributed by atoms with Gasteiger partial charge in [0.25, 0.3) is 5.69 Å². The molecule has 8 heteroatoms. The molecular formula is C14H19N3O5. The number of rotatable bonds is 7. The van der Waals surface area contributed by atoms with Crippen LogP contribution >= 0.6 is 0 Å². The van der Waals surface area contributed by atoms with Crippen molar-refractivity contribution in [1.29, 1.82) is 0 Å². The first-order chi connectivity index (χ1) is 10.3. The third kappa shape index (κ3) is 5.04. The highest BCUT2D eigenvalue weighted by atomic mass is 16.6. The van der Waals surface area contributed by atoms with E-state index in [-0.39, 0.29) is 29.6 Å². The topological polar surface area (TPSA) is 111 Å². The Morgan fingerprint density at radius 2 is 2.05 bits per heavy atom. The van der Waals surface area contributed by atoms with Gasteiger partial charge >= 0.3 is 5.97 Å². The molecule has 0 atom stereocenters. The highest BCUT2D eigenvalue weighted by Gasteiger charge is 2.21. The fourth-order valence-corrected chi connectivity index (χ4v) is 1.79. The monoisotopic (exact) mass is 309 g/mol. The maximum absolute atomic E-state index is 11.6. The smallest absolute Gasteiger partial charge is 0.344 e. The number of nitro groups is 1. The van der Waals surface area contributed by atoms with Crippen LogP contribution in [0.5, 0.6) is 0 Å². The van der Waals surface area contributed by atoms with Gasteiger partial charge in [0.15, 0.2) is 0 Å². The quantitative estimate of drug-likeness (QED) is 0.450. The van der Waals surface area contributed by atoms with Gasteiger partial charge in [-0.25, -0.2) is 4.79 Å². The Morgan fingerprint density at radius 3 is 2.59 bits per heavy atom. The summed E-state index contributed by atoms with van der Waals surface area (Å²) in [6.07, 6.45) is 0.253. The summed E-state index contributed by atoms with van der Waals surface area (Å²) < 4.78 is 4.53. The van der Waals surface area contributed by atoms with Crippen LogP contribution in [0.3, 0.4) is 0 Å². The van der Waals surface area contributed by atoms with Crippen molar-refractivity contribution in [3.63, 3.8) is 0 Å². The summed E-state index contributed by atoms with van der Waals surface area (Å²) in [5, 5.41) is 16.6. The Balaban J connectivity index is 2.74. The molecule has 0 aliphatic rings. The molecule has 0 radical (unpaired) electrons. The van der Waals surface area contributed by atoms with E-state index in [9.17, 15) is 19.7 Å². The van der Waals surface area contributed by atoms with E-state index in [1.807, 2.05) is 13.8 Å². The van der Waals surface area contributed by atoms with Crippen molar-refractivity contribution in [3.8, 4) is 0 Å². The Bertz CT molecular complexity index is 572. The van der Waals surface area contributed by atoms with Gasteiger partial charge in [0.1, 0.15) is 5.56 Å². The summed E-state index contributed by atoms with van der Waals surface area (Å²) in [5.74, 6) is -0.884. The largest absolute Gasteiger partial charge is 0.465 e. The van der Waals surface area contributed by atoms with Crippen LogP contribution in [0.1, 0.15) is 30.6 Å². The van der Waals surface area contributed by atoms with Crippen LogP contribution in [-0.2, 0) is 9.53 Å². The molecule has 0 saturated heterocycles. The van der Waals surface area contributed by atoms with E-state index in [1.54, 1.807) is 0 Å². The molecule has 22 heavy (non-hydrogen) atoms. The summed E-state index contributed by atoms with van der Waals surface area (Å²) in [6.45, 7) is 4.07. The molecular weight excluding hydrogens is 290 g/mol. The second-order valence-electron chi connectivity index (χ2n) is 4.88. The molecule has 1 aromatic carbocycles. The number of benzene rings is 1. The van der Waals surface area contributed by atoms with Gasteiger partial charge in [-0.15, -0.1) is 0 Å². The molecule has 0 spiro atoms. The van der Waals surface area contributed by atoms with E-state index in [0.29, 0.717) is 12.2 Å². The van der Waals surface area contributed by atoms with E-state index in [4.69, 9.17) is 0 Å². The first-order valence-corrected chi connectivity index (χ1v) is 6.75. The summed E-state index contributed by atoms with van der Waals surface area (Å²) in [4.78, 5) is 33.3. The number of carbonyl (C=O) groups excluding carboxylic acids is 2. The van der Waals surface area contributed by atoms with Crippen LogP contribution in [0.4, 0.5) is 11.4 Å². The first-order valence-electron chi connectivity index (χ1n) is 6.75. The van der Waals surface area contributed by atoms with Crippen molar-refractivity contribution in [3.05, 3.63) is 33.9 Å². The number of nitro benzene ring substituents is 1. The number of esters is 1. The van der Waals surface area contributed by atoms with Gasteiger partial charge in [-0.3, -0.25) is 14.9 Å². The van der Waals surface area contributed by atoms with Gasteiger partial charge < -0.3 is 15.4 Å². The third-order valence-corrected chi connectivity index (χ3v) is 2.73. The summed E-state index contributed by atoms with van der Waals surface area (Å²) in [6, 6.07) is 4.11. The molecule has 0 fully saturated rings. The normalized spacial score (nSPS) is 10.2. The van der Waals surface area contributed by atoms with Crippen LogP contribution in [0, 0.1) is 10.1 Å². The number of hydrogen-bond acceptors (Lipinski definition) is 6. The van der Waals surface area contributed by atoms with Crippen LogP contribution in [0.25, 0.3) is 0 Å². The zero-order valence-corrected chi connectivity index (χ0v) is 12.7. The lowest BCUT2D eigenvalue weighted by Gasteiger charge is -2.10. The molecule has 0 bridgehead atoms. The van der Waals surface area contributed by atoms with Gasteiger partial charge in [0, 0.05) is 30.8 Å². The van der Waals surface area contributed by atoms with Crippen LogP contribution < -0.4 is 10.6 Å². The Kier molecular flexibility index (Phi) is 6.30. The fraction of sp³-hybridized carbons (Fsp3) is 0.429. The van der Waals surface area contributed by atoms with Crippen molar-refractivity contribution in [2.24, 2.45) is 0 Å². The SMILES string of the molecule is COC(=O)c1cc(NCCC(=O)NC(C)C)ccc1[N+](=O)[O-]. The second-order valence-corrected chi connectivity index (χ2v) is 4.88. The maximum Gasteiger partial charge on any atom is 0.344 e. The van der Waals surface area contributed by atoms with Crippen molar-refractivity contribution in [2.45, 2.75) is 26.3 Å². The van der Waals surface area contributed by atoms with Crippen LogP contribution in [-0.4, -0.2) is 36.5 Å². The minimum Gasteiger partial charge on any atom is -0.465 e. The maximum atomic E-state index is 11.6. The predicted molar refractivity (Wildman–Crippen MR) is 80.8 cm³/mol. The van der Waals surface area contributed by atoms with Gasteiger partial charge in [-0.1, -0.05) is 0 Å². The first kappa shape index (κ1) is 17.4. The molecule has 2 N–H and O–H groups in total. The molecule has 0 aliphatic heterocycles. The molecule has 0 unspecified atom stereocenters. The minimum atomic E-state index is -0.784. The van der Waals surface area contributed by atoms with Gasteiger partial charge in [-0.2, -0.15) is 0 Å². The molecule has 1 rings (SSSR count). The predicted octanol–water partition coefficient (Wildman–Crippen LogP) is 1.71. The lowest BCUT2D eigenvalue weighted by molar-refractivity contribution is -0.385. The number of anilines is 1. The molecule has 8 nitrogen and oxygen atoms in total. The number of hydrogen-bond donors (Lipinski definition) is 2. The van der Waals surface area contributed by atoms with Gasteiger partial charge in [0.05, 0.1) is 12.0 Å². The number of carbonyl (C=O) groups is 2. The second kappa shape index (κ2) is 7.96. The standard InChI is InChI=1S/C14H19N3O5/c1-9(2)16-13(18)6-7-15-10-4-5-12(17(20)21)11(8-10)14(19)22-3/h4-5,8-9,15H,6-7H2,1-3H3,(H,16,18). The Hall–Kier alpha value is -2.64. The van der Waals surface area contributed by atoms with Crippen molar-refractivity contribution >= 4 is 23.3 Å². The summed E-state index contributed by atoms with van der Waals surface area (Å²) >= 11 is 0. The van der Waals surface area contributed by atoms with E-state index in [0.717, 1.165) is 7.11 Å². The number of nitrogens with one attached hydrogen (secondary N) is 2. The van der Waals surface area contributed by atoms with E-state index in [2.05, 4.69) is 15.4 Å². The van der Waals surface area contributed by atoms with Crippen molar-refractivity contribution in [1.82, 2.24) is 5.32 Å². The van der Waals surface area contributed by atoms with Crippen LogP contribution in [0.15, 0.2) is 18.2 Å². The van der Waals surface area contributed by atoms with E-state index >= 15 is 0 Å². The number of methoxy groups -OCH3 is 1. The summed E-state index contributed by atoms with van der Waals surface area (Å²) in [7, 11) is 1.16. The molecule has 1 aromatic rings. The fourth-order valence-electron chi connectivity index (χ4n) is 1.79. The molecule has 0 aromatic heterocycles. The average Bonchev–Trinajstić information content (AvgIpc) is 2.45. The Labute approximate surface area is 128 Å². The zero-order valence-electron chi connectivity index (χ0n) is 12.7. The number of nitrogens with zero attached hydrogens (tertiary/aromatic N) is 1. The Morgan fingerprint density at radius 1 is 1.36 bits per heavy atom. The lowest BCUT2D eigenvalue weighted by atomic mass is 10.1. The summed E-state index contributed by atoms with van der Waals surface area (Å²) in [5.41, 5.74) is 0.0439. The molecule has 0 heterocycles. The van der Waals surface area contributed by atoms with E-state index in [1.165, 1.54) is 18.2 Å². The number of amides is 1. The van der Waals surface area contributed by atoms with Gasteiger partial charge in [0.2, 0.25) is 5.91 Å². The third-order valence-electron chi connectivity index (χ3n) is 2.73. The molecule has 1 amide bonds. The lowest BCUT2D eigenvalue weighted by Crippen LogP contribution is -2.31. The number of ether oxygens (including phenoxy) is 1. The van der Waals surface area contributed by atoms with E-state index < -0.39 is 10.9 Å². The average molecular weight is 309 g/mol. The van der Waals surface area contributed by atoms with Crippen molar-refractivity contribution in [2.75, 3.05) is 19.0 Å².